The predicted octanol–water partition coefficient (Wildman–Crippen LogP) is 3.47. The second-order valence-electron chi connectivity index (χ2n) is 4.28. The molecule has 1 heterocycles. The molecule has 18 heavy (non-hydrogen) atoms. The maximum absolute atomic E-state index is 12.2. The van der Waals surface area contributed by atoms with Crippen LogP contribution in [0, 0.1) is 6.92 Å². The van der Waals surface area contributed by atoms with Gasteiger partial charge in [0, 0.05) is 10.9 Å². The third-order valence-corrected chi connectivity index (χ3v) is 3.09. The van der Waals surface area contributed by atoms with E-state index < -0.39 is 0 Å². The highest BCUT2D eigenvalue weighted by Crippen LogP contribution is 2.18. The van der Waals surface area contributed by atoms with E-state index in [4.69, 9.17) is 4.74 Å². The molecule has 0 spiro atoms. The lowest BCUT2D eigenvalue weighted by Crippen LogP contribution is -2.07. The van der Waals surface area contributed by atoms with Crippen LogP contribution in [-0.2, 0) is 0 Å². The number of nitrogens with zero attached hydrogens (tertiary/aromatic N) is 1. The van der Waals surface area contributed by atoms with Crippen LogP contribution in [0.25, 0.3) is 0 Å². The first-order valence-corrected chi connectivity index (χ1v) is 6.68. The largest absolute Gasteiger partial charge is 0.491 e. The lowest BCUT2D eigenvalue weighted by Gasteiger charge is -2.10. The summed E-state index contributed by atoms with van der Waals surface area (Å²) in [5, 5.41) is 2.68. The van der Waals surface area contributed by atoms with E-state index in [1.807, 2.05) is 32.9 Å². The van der Waals surface area contributed by atoms with Crippen molar-refractivity contribution in [3.05, 3.63) is 45.9 Å². The van der Waals surface area contributed by atoms with Crippen LogP contribution in [-0.4, -0.2) is 16.9 Å². The van der Waals surface area contributed by atoms with Crippen molar-refractivity contribution in [2.45, 2.75) is 26.9 Å². The molecule has 4 heteroatoms. The van der Waals surface area contributed by atoms with Gasteiger partial charge in [0.2, 0.25) is 5.78 Å². The first-order valence-electron chi connectivity index (χ1n) is 5.80. The average molecular weight is 261 g/mol. The maximum Gasteiger partial charge on any atom is 0.212 e. The van der Waals surface area contributed by atoms with Crippen molar-refractivity contribution in [2.75, 3.05) is 0 Å². The maximum atomic E-state index is 12.2. The third-order valence-electron chi connectivity index (χ3n) is 2.32. The van der Waals surface area contributed by atoms with Crippen molar-refractivity contribution in [1.82, 2.24) is 4.98 Å². The highest BCUT2D eigenvalue weighted by molar-refractivity contribution is 7.09. The summed E-state index contributed by atoms with van der Waals surface area (Å²) in [5.41, 5.74) is 1.11. The van der Waals surface area contributed by atoms with Gasteiger partial charge in [-0.1, -0.05) is 12.1 Å². The van der Waals surface area contributed by atoms with Crippen LogP contribution in [0.1, 0.15) is 34.9 Å². The van der Waals surface area contributed by atoms with Gasteiger partial charge in [-0.05, 0) is 32.9 Å². The van der Waals surface area contributed by atoms with E-state index in [0.29, 0.717) is 17.0 Å². The van der Waals surface area contributed by atoms with Crippen molar-refractivity contribution in [2.24, 2.45) is 0 Å². The van der Waals surface area contributed by atoms with Gasteiger partial charge in [0.05, 0.1) is 11.1 Å². The topological polar surface area (TPSA) is 39.2 Å². The zero-order chi connectivity index (χ0) is 13.1. The van der Waals surface area contributed by atoms with E-state index in [0.717, 1.165) is 5.01 Å². The Balaban J connectivity index is 2.25. The number of thiazole rings is 1. The minimum absolute atomic E-state index is 0.0615. The molecule has 3 nitrogen and oxygen atoms in total. The van der Waals surface area contributed by atoms with Crippen LogP contribution < -0.4 is 4.74 Å². The van der Waals surface area contributed by atoms with Crippen molar-refractivity contribution in [1.29, 1.82) is 0 Å². The first-order chi connectivity index (χ1) is 8.56. The minimum Gasteiger partial charge on any atom is -0.491 e. The number of ketones is 1. The minimum atomic E-state index is -0.0615. The monoisotopic (exact) mass is 261 g/mol. The van der Waals surface area contributed by atoms with Crippen molar-refractivity contribution in [3.63, 3.8) is 0 Å². The molecule has 2 rings (SSSR count). The number of hydrogen-bond donors (Lipinski definition) is 0. The first kappa shape index (κ1) is 12.8. The van der Waals surface area contributed by atoms with E-state index in [2.05, 4.69) is 4.98 Å². The second-order valence-corrected chi connectivity index (χ2v) is 5.34. The number of hydrogen-bond acceptors (Lipinski definition) is 4. The molecule has 0 atom stereocenters. The molecule has 1 aromatic heterocycles. The van der Waals surface area contributed by atoms with Crippen LogP contribution >= 0.6 is 11.3 Å². The lowest BCUT2D eigenvalue weighted by atomic mass is 10.1. The number of rotatable bonds is 4. The summed E-state index contributed by atoms with van der Waals surface area (Å²) in [4.78, 5) is 16.4. The van der Waals surface area contributed by atoms with Gasteiger partial charge in [0.15, 0.2) is 0 Å². The zero-order valence-electron chi connectivity index (χ0n) is 10.6. The van der Waals surface area contributed by atoms with E-state index in [1.54, 1.807) is 17.5 Å². The SMILES string of the molecule is Cc1nc(C(=O)c2cccc(OC(C)C)c2)cs1. The standard InChI is InChI=1S/C14H15NO2S/c1-9(2)17-12-6-4-5-11(7-12)14(16)13-8-18-10(3)15-13/h4-9H,1-3H3. The number of aromatic nitrogens is 1. The summed E-state index contributed by atoms with van der Waals surface area (Å²) >= 11 is 1.48. The fourth-order valence-electron chi connectivity index (χ4n) is 1.60. The quantitative estimate of drug-likeness (QED) is 0.791. The molecule has 0 amide bonds. The zero-order valence-corrected chi connectivity index (χ0v) is 11.5. The van der Waals surface area contributed by atoms with E-state index >= 15 is 0 Å². The van der Waals surface area contributed by atoms with Gasteiger partial charge in [-0.3, -0.25) is 4.79 Å². The van der Waals surface area contributed by atoms with Crippen LogP contribution in [0.15, 0.2) is 29.6 Å². The number of ether oxygens (including phenoxy) is 1. The normalized spacial score (nSPS) is 10.7. The number of benzene rings is 1. The van der Waals surface area contributed by atoms with Crippen molar-refractivity contribution in [3.8, 4) is 5.75 Å². The molecule has 0 saturated carbocycles. The molecule has 0 bridgehead atoms. The van der Waals surface area contributed by atoms with Gasteiger partial charge in [0.25, 0.3) is 0 Å². The molecule has 0 aliphatic heterocycles. The Labute approximate surface area is 110 Å². The molecule has 2 aromatic rings. The van der Waals surface area contributed by atoms with Crippen LogP contribution in [0.2, 0.25) is 0 Å². The Kier molecular flexibility index (Phi) is 3.77. The van der Waals surface area contributed by atoms with Crippen LogP contribution in [0.3, 0.4) is 0 Å². The fourth-order valence-corrected chi connectivity index (χ4v) is 2.19. The molecule has 0 saturated heterocycles. The Morgan fingerprint density at radius 2 is 2.17 bits per heavy atom. The highest BCUT2D eigenvalue weighted by Gasteiger charge is 2.13. The van der Waals surface area contributed by atoms with Gasteiger partial charge >= 0.3 is 0 Å². The summed E-state index contributed by atoms with van der Waals surface area (Å²) in [6.45, 7) is 5.80. The van der Waals surface area contributed by atoms with E-state index in [9.17, 15) is 4.79 Å². The molecule has 0 fully saturated rings. The van der Waals surface area contributed by atoms with Gasteiger partial charge in [0.1, 0.15) is 11.4 Å². The number of carbonyl (C=O) groups excluding carboxylic acids is 1. The Morgan fingerprint density at radius 1 is 1.39 bits per heavy atom. The van der Waals surface area contributed by atoms with Gasteiger partial charge < -0.3 is 4.74 Å². The summed E-state index contributed by atoms with van der Waals surface area (Å²) in [5.74, 6) is 0.649. The van der Waals surface area contributed by atoms with Crippen molar-refractivity contribution >= 4 is 17.1 Å². The van der Waals surface area contributed by atoms with Gasteiger partial charge in [-0.25, -0.2) is 4.98 Å². The highest BCUT2D eigenvalue weighted by atomic mass is 32.1. The molecule has 1 aromatic carbocycles. The van der Waals surface area contributed by atoms with E-state index in [1.165, 1.54) is 11.3 Å². The predicted molar refractivity (Wildman–Crippen MR) is 72.5 cm³/mol. The van der Waals surface area contributed by atoms with E-state index in [-0.39, 0.29) is 11.9 Å². The average Bonchev–Trinajstić information content (AvgIpc) is 2.74. The van der Waals surface area contributed by atoms with Gasteiger partial charge in [-0.2, -0.15) is 0 Å². The summed E-state index contributed by atoms with van der Waals surface area (Å²) in [6, 6.07) is 7.22. The molecule has 0 N–H and O–H groups in total. The number of aryl methyl sites for hydroxylation is 1. The summed E-state index contributed by atoms with van der Waals surface area (Å²) in [7, 11) is 0. The van der Waals surface area contributed by atoms with Crippen LogP contribution in [0.4, 0.5) is 0 Å². The summed E-state index contributed by atoms with van der Waals surface area (Å²) in [6.07, 6.45) is 0.0943. The Bertz CT molecular complexity index is 560. The third kappa shape index (κ3) is 2.96. The molecular formula is C14H15NO2S. The Hall–Kier alpha value is -1.68. The molecule has 0 aliphatic carbocycles. The molecule has 0 aliphatic rings. The summed E-state index contributed by atoms with van der Waals surface area (Å²) < 4.78 is 5.58. The lowest BCUT2D eigenvalue weighted by molar-refractivity contribution is 0.103. The fraction of sp³-hybridized carbons (Fsp3) is 0.286. The van der Waals surface area contributed by atoms with Gasteiger partial charge in [-0.15, -0.1) is 11.3 Å². The molecular weight excluding hydrogens is 246 g/mol. The van der Waals surface area contributed by atoms with Crippen molar-refractivity contribution < 1.29 is 9.53 Å². The van der Waals surface area contributed by atoms with Crippen LogP contribution in [0.5, 0.6) is 5.75 Å². The molecule has 0 unspecified atom stereocenters. The Morgan fingerprint density at radius 3 is 2.78 bits per heavy atom. The number of carbonyl (C=O) groups is 1. The molecule has 0 radical (unpaired) electrons. The molecule has 94 valence electrons. The second kappa shape index (κ2) is 5.31. The smallest absolute Gasteiger partial charge is 0.212 e.